The lowest BCUT2D eigenvalue weighted by atomic mass is 10.1. The van der Waals surface area contributed by atoms with E-state index in [0.29, 0.717) is 24.6 Å². The van der Waals surface area contributed by atoms with Crippen LogP contribution in [0, 0.1) is 20.8 Å². The van der Waals surface area contributed by atoms with Gasteiger partial charge in [0.1, 0.15) is 5.75 Å². The fourth-order valence-corrected chi connectivity index (χ4v) is 4.61. The van der Waals surface area contributed by atoms with Crippen molar-refractivity contribution in [1.29, 1.82) is 0 Å². The molecule has 1 heterocycles. The van der Waals surface area contributed by atoms with Crippen LogP contribution in [0.25, 0.3) is 0 Å². The molecule has 2 rings (SSSR count). The summed E-state index contributed by atoms with van der Waals surface area (Å²) in [6.45, 7) is 9.47. The van der Waals surface area contributed by atoms with Crippen molar-refractivity contribution in [3.63, 3.8) is 0 Å². The molecule has 112 valence electrons. The lowest BCUT2D eigenvalue weighted by molar-refractivity contribution is 0.335. The van der Waals surface area contributed by atoms with Crippen LogP contribution in [0.5, 0.6) is 5.75 Å². The van der Waals surface area contributed by atoms with Gasteiger partial charge in [-0.3, -0.25) is 0 Å². The maximum atomic E-state index is 12.7. The molecular formula is C15H23NO3S. The van der Waals surface area contributed by atoms with Crippen molar-refractivity contribution in [2.75, 3.05) is 19.7 Å². The third kappa shape index (κ3) is 2.56. The zero-order valence-electron chi connectivity index (χ0n) is 12.7. The third-order valence-electron chi connectivity index (χ3n) is 3.95. The van der Waals surface area contributed by atoms with Crippen molar-refractivity contribution in [2.45, 2.75) is 45.4 Å². The van der Waals surface area contributed by atoms with Gasteiger partial charge >= 0.3 is 0 Å². The number of sulfonamides is 1. The monoisotopic (exact) mass is 297 g/mol. The standard InChI is InChI=1S/C15H23NO3S/c1-5-19-15-11(2)10-14(12(3)13(15)4)20(17,18)16-8-6-7-9-16/h10H,5-9H2,1-4H3. The molecule has 0 atom stereocenters. The summed E-state index contributed by atoms with van der Waals surface area (Å²) in [6, 6.07) is 1.75. The summed E-state index contributed by atoms with van der Waals surface area (Å²) in [7, 11) is -3.37. The summed E-state index contributed by atoms with van der Waals surface area (Å²) in [5, 5.41) is 0. The van der Waals surface area contributed by atoms with Gasteiger partial charge in [0.05, 0.1) is 11.5 Å². The second kappa shape index (κ2) is 5.74. The maximum absolute atomic E-state index is 12.7. The van der Waals surface area contributed by atoms with Gasteiger partial charge < -0.3 is 4.74 Å². The number of nitrogens with zero attached hydrogens (tertiary/aromatic N) is 1. The molecule has 1 aromatic rings. The number of hydrogen-bond donors (Lipinski definition) is 0. The normalized spacial score (nSPS) is 16.6. The molecular weight excluding hydrogens is 274 g/mol. The number of aryl methyl sites for hydroxylation is 1. The largest absolute Gasteiger partial charge is 0.493 e. The van der Waals surface area contributed by atoms with Crippen LogP contribution in [-0.4, -0.2) is 32.4 Å². The molecule has 0 aliphatic carbocycles. The zero-order valence-corrected chi connectivity index (χ0v) is 13.5. The highest BCUT2D eigenvalue weighted by Gasteiger charge is 2.30. The van der Waals surface area contributed by atoms with E-state index in [-0.39, 0.29) is 0 Å². The van der Waals surface area contributed by atoms with Gasteiger partial charge in [-0.25, -0.2) is 8.42 Å². The van der Waals surface area contributed by atoms with Crippen LogP contribution in [0.4, 0.5) is 0 Å². The molecule has 0 radical (unpaired) electrons. The molecule has 0 bridgehead atoms. The molecule has 4 nitrogen and oxygen atoms in total. The number of hydrogen-bond acceptors (Lipinski definition) is 3. The van der Waals surface area contributed by atoms with E-state index in [1.165, 1.54) is 0 Å². The second-order valence-corrected chi connectivity index (χ2v) is 7.22. The molecule has 5 heteroatoms. The van der Waals surface area contributed by atoms with Crippen LogP contribution in [0.3, 0.4) is 0 Å². The molecule has 0 spiro atoms. The first-order valence-electron chi connectivity index (χ1n) is 7.13. The molecule has 0 N–H and O–H groups in total. The Morgan fingerprint density at radius 2 is 1.75 bits per heavy atom. The molecule has 1 saturated heterocycles. The predicted octanol–water partition coefficient (Wildman–Crippen LogP) is 2.80. The molecule has 1 aliphatic heterocycles. The highest BCUT2D eigenvalue weighted by atomic mass is 32.2. The van der Waals surface area contributed by atoms with Crippen LogP contribution in [0.1, 0.15) is 36.5 Å². The van der Waals surface area contributed by atoms with Gasteiger partial charge in [-0.15, -0.1) is 0 Å². The summed E-state index contributed by atoms with van der Waals surface area (Å²) >= 11 is 0. The molecule has 1 aromatic carbocycles. The molecule has 0 amide bonds. The van der Waals surface area contributed by atoms with E-state index < -0.39 is 10.0 Å². The number of ether oxygens (including phenoxy) is 1. The Bertz CT molecular complexity index is 602. The maximum Gasteiger partial charge on any atom is 0.243 e. The minimum absolute atomic E-state index is 0.429. The minimum Gasteiger partial charge on any atom is -0.493 e. The predicted molar refractivity (Wildman–Crippen MR) is 79.8 cm³/mol. The van der Waals surface area contributed by atoms with Crippen molar-refractivity contribution >= 4 is 10.0 Å². The SMILES string of the molecule is CCOc1c(C)cc(S(=O)(=O)N2CCCC2)c(C)c1C. The molecule has 20 heavy (non-hydrogen) atoms. The topological polar surface area (TPSA) is 46.6 Å². The summed E-state index contributed by atoms with van der Waals surface area (Å²) in [4.78, 5) is 0.429. The molecule has 0 unspecified atom stereocenters. The van der Waals surface area contributed by atoms with Crippen LogP contribution < -0.4 is 4.74 Å². The highest BCUT2D eigenvalue weighted by molar-refractivity contribution is 7.89. The fourth-order valence-electron chi connectivity index (χ4n) is 2.72. The van der Waals surface area contributed by atoms with Gasteiger partial charge in [-0.05, 0) is 63.3 Å². The van der Waals surface area contributed by atoms with Crippen LogP contribution in [-0.2, 0) is 10.0 Å². The second-order valence-electron chi connectivity index (χ2n) is 5.31. The Kier molecular flexibility index (Phi) is 4.39. The lowest BCUT2D eigenvalue weighted by Gasteiger charge is -2.21. The van der Waals surface area contributed by atoms with Gasteiger partial charge in [-0.2, -0.15) is 4.31 Å². The average molecular weight is 297 g/mol. The summed E-state index contributed by atoms with van der Waals surface area (Å²) in [6.07, 6.45) is 1.90. The Morgan fingerprint density at radius 3 is 2.30 bits per heavy atom. The summed E-state index contributed by atoms with van der Waals surface area (Å²) in [5.74, 6) is 0.811. The van der Waals surface area contributed by atoms with E-state index >= 15 is 0 Å². The summed E-state index contributed by atoms with van der Waals surface area (Å²) < 4.78 is 32.7. The van der Waals surface area contributed by atoms with Crippen molar-refractivity contribution in [1.82, 2.24) is 4.31 Å². The van der Waals surface area contributed by atoms with Crippen LogP contribution >= 0.6 is 0 Å². The first kappa shape index (κ1) is 15.3. The molecule has 0 saturated carbocycles. The van der Waals surface area contributed by atoms with Gasteiger partial charge in [-0.1, -0.05) is 0 Å². The van der Waals surface area contributed by atoms with Crippen molar-refractivity contribution in [3.8, 4) is 5.75 Å². The van der Waals surface area contributed by atoms with E-state index in [1.807, 2.05) is 27.7 Å². The van der Waals surface area contributed by atoms with Crippen LogP contribution in [0.2, 0.25) is 0 Å². The Labute approximate surface area is 121 Å². The van der Waals surface area contributed by atoms with E-state index in [1.54, 1.807) is 10.4 Å². The molecule has 1 aliphatic rings. The van der Waals surface area contributed by atoms with Gasteiger partial charge in [0.25, 0.3) is 0 Å². The lowest BCUT2D eigenvalue weighted by Crippen LogP contribution is -2.28. The van der Waals surface area contributed by atoms with Gasteiger partial charge in [0, 0.05) is 13.1 Å². The first-order chi connectivity index (χ1) is 9.39. The Hall–Kier alpha value is -1.07. The van der Waals surface area contributed by atoms with Crippen molar-refractivity contribution in [2.24, 2.45) is 0 Å². The van der Waals surface area contributed by atoms with Crippen molar-refractivity contribution < 1.29 is 13.2 Å². The smallest absolute Gasteiger partial charge is 0.243 e. The highest BCUT2D eigenvalue weighted by Crippen LogP contribution is 2.33. The van der Waals surface area contributed by atoms with Crippen LogP contribution in [0.15, 0.2) is 11.0 Å². The summed E-state index contributed by atoms with van der Waals surface area (Å²) in [5.41, 5.74) is 2.60. The minimum atomic E-state index is -3.37. The zero-order chi connectivity index (χ0) is 14.9. The third-order valence-corrected chi connectivity index (χ3v) is 5.97. The molecule has 1 fully saturated rings. The van der Waals surface area contributed by atoms with Crippen molar-refractivity contribution in [3.05, 3.63) is 22.8 Å². The average Bonchev–Trinajstić information content (AvgIpc) is 2.93. The number of rotatable bonds is 4. The Balaban J connectivity index is 2.53. The van der Waals surface area contributed by atoms with Gasteiger partial charge in [0.2, 0.25) is 10.0 Å². The molecule has 0 aromatic heterocycles. The van der Waals surface area contributed by atoms with E-state index in [0.717, 1.165) is 35.3 Å². The van der Waals surface area contributed by atoms with E-state index in [9.17, 15) is 8.42 Å². The van der Waals surface area contributed by atoms with E-state index in [4.69, 9.17) is 4.74 Å². The quantitative estimate of drug-likeness (QED) is 0.858. The van der Waals surface area contributed by atoms with E-state index in [2.05, 4.69) is 0 Å². The van der Waals surface area contributed by atoms with Gasteiger partial charge in [0.15, 0.2) is 0 Å². The first-order valence-corrected chi connectivity index (χ1v) is 8.57. The Morgan fingerprint density at radius 1 is 1.15 bits per heavy atom. The fraction of sp³-hybridized carbons (Fsp3) is 0.600. The number of benzene rings is 1.